The molecule has 11 heavy (non-hydrogen) atoms. The molecule has 0 saturated heterocycles. The van der Waals surface area contributed by atoms with Crippen LogP contribution in [0.25, 0.3) is 0 Å². The van der Waals surface area contributed by atoms with E-state index in [4.69, 9.17) is 22.5 Å². The first-order valence-corrected chi connectivity index (χ1v) is 3.49. The third kappa shape index (κ3) is 6.85. The van der Waals surface area contributed by atoms with E-state index in [-0.39, 0.29) is 5.96 Å². The van der Waals surface area contributed by atoms with Crippen molar-refractivity contribution in [2.45, 2.75) is 6.42 Å². The number of hydrogen-bond donors (Lipinski definition) is 3. The lowest BCUT2D eigenvalue weighted by Crippen LogP contribution is -2.37. The lowest BCUT2D eigenvalue weighted by Gasteiger charge is -1.91. The van der Waals surface area contributed by atoms with Gasteiger partial charge in [0, 0.05) is 12.4 Å². The summed E-state index contributed by atoms with van der Waals surface area (Å²) in [6, 6.07) is 0. The lowest BCUT2D eigenvalue weighted by atomic mass is 10.5. The fourth-order valence-corrected chi connectivity index (χ4v) is 0.512. The van der Waals surface area contributed by atoms with Crippen LogP contribution < -0.4 is 11.2 Å². The van der Waals surface area contributed by atoms with Crippen LogP contribution in [0.3, 0.4) is 0 Å². The maximum atomic E-state index is 9.86. The Morgan fingerprint density at radius 3 is 2.91 bits per heavy atom. The van der Waals surface area contributed by atoms with Crippen LogP contribution in [0, 0.1) is 4.91 Å². The van der Waals surface area contributed by atoms with E-state index in [0.717, 1.165) is 0 Å². The molecule has 0 aromatic carbocycles. The second-order valence-corrected chi connectivity index (χ2v) is 2.07. The van der Waals surface area contributed by atoms with Crippen molar-refractivity contribution in [2.24, 2.45) is 10.7 Å². The van der Waals surface area contributed by atoms with Gasteiger partial charge in [0.2, 0.25) is 0 Å². The van der Waals surface area contributed by atoms with Gasteiger partial charge in [-0.3, -0.25) is 0 Å². The van der Waals surface area contributed by atoms with Crippen LogP contribution in [0.1, 0.15) is 6.42 Å². The van der Waals surface area contributed by atoms with Crippen molar-refractivity contribution in [3.63, 3.8) is 0 Å². The molecule has 64 valence electrons. The zero-order valence-electron chi connectivity index (χ0n) is 5.83. The monoisotopic (exact) mass is 181 g/mol. The smallest absolute Gasteiger partial charge is 0.362 e. The molecule has 0 amide bonds. The molecule has 0 spiro atoms. The van der Waals surface area contributed by atoms with Crippen LogP contribution in [0.15, 0.2) is 4.99 Å². The molecule has 0 aliphatic carbocycles. The predicted molar refractivity (Wildman–Crippen MR) is 40.4 cm³/mol. The van der Waals surface area contributed by atoms with Crippen molar-refractivity contribution in [1.82, 2.24) is 5.43 Å². The molecular formula is C4H10ClN4O2+. The predicted octanol–water partition coefficient (Wildman–Crippen LogP) is -0.397. The molecule has 7 heteroatoms. The van der Waals surface area contributed by atoms with Crippen LogP contribution in [0.2, 0.25) is 0 Å². The average Bonchev–Trinajstić information content (AvgIpc) is 1.86. The first-order valence-electron chi connectivity index (χ1n) is 2.95. The summed E-state index contributed by atoms with van der Waals surface area (Å²) in [5.41, 5.74) is 6.93. The Labute approximate surface area is 68.5 Å². The van der Waals surface area contributed by atoms with E-state index >= 15 is 0 Å². The van der Waals surface area contributed by atoms with E-state index in [9.17, 15) is 4.91 Å². The topological polar surface area (TPSA) is 90.7 Å². The van der Waals surface area contributed by atoms with Crippen molar-refractivity contribution in [1.29, 1.82) is 0 Å². The van der Waals surface area contributed by atoms with Crippen molar-refractivity contribution >= 4 is 17.6 Å². The molecule has 0 aliphatic rings. The van der Waals surface area contributed by atoms with E-state index in [1.807, 2.05) is 5.43 Å². The highest BCUT2D eigenvalue weighted by molar-refractivity contribution is 6.17. The number of nitrogens with two attached hydrogens (primary N) is 1. The molecule has 6 nitrogen and oxygen atoms in total. The summed E-state index contributed by atoms with van der Waals surface area (Å²) in [6.07, 6.45) is 0.675. The number of guanidine groups is 1. The summed E-state index contributed by atoms with van der Waals surface area (Å²) in [7, 11) is 0. The molecule has 0 atom stereocenters. The Balaban J connectivity index is 3.54. The molecular weight excluding hydrogens is 172 g/mol. The minimum absolute atomic E-state index is 0.132. The van der Waals surface area contributed by atoms with Gasteiger partial charge in [-0.2, -0.15) is 0 Å². The molecule has 0 rings (SSSR count). The van der Waals surface area contributed by atoms with Crippen LogP contribution in [0.4, 0.5) is 0 Å². The van der Waals surface area contributed by atoms with Crippen LogP contribution in [-0.2, 0) is 0 Å². The molecule has 0 unspecified atom stereocenters. The highest BCUT2D eigenvalue weighted by Gasteiger charge is 2.02. The second kappa shape index (κ2) is 5.72. The molecule has 0 aromatic rings. The molecule has 0 bridgehead atoms. The Hall–Kier alpha value is -1.04. The van der Waals surface area contributed by atoms with Gasteiger partial charge in [-0.05, 0) is 11.8 Å². The number of hydrogen-bond acceptors (Lipinski definition) is 2. The first-order chi connectivity index (χ1) is 5.16. The second-order valence-electron chi connectivity index (χ2n) is 1.69. The van der Waals surface area contributed by atoms with Gasteiger partial charge in [-0.1, -0.05) is 0 Å². The normalized spacial score (nSPS) is 11.2. The number of alkyl halides is 1. The largest absolute Gasteiger partial charge is 0.365 e. The number of hydrazine groups is 1. The number of nitrogens with one attached hydrogen (secondary N) is 1. The zero-order valence-corrected chi connectivity index (χ0v) is 6.58. The maximum Gasteiger partial charge on any atom is 0.362 e. The zero-order chi connectivity index (χ0) is 8.69. The molecule has 0 radical (unpaired) electrons. The fourth-order valence-electron chi connectivity index (χ4n) is 0.393. The molecule has 0 saturated carbocycles. The summed E-state index contributed by atoms with van der Waals surface area (Å²) in [5, 5.41) is 7.54. The van der Waals surface area contributed by atoms with Gasteiger partial charge in [0.05, 0.1) is 0 Å². The van der Waals surface area contributed by atoms with E-state index in [2.05, 4.69) is 4.99 Å². The Bertz CT molecular complexity index is 160. The molecule has 0 fully saturated rings. The third-order valence-corrected chi connectivity index (χ3v) is 1.05. The molecule has 4 N–H and O–H groups in total. The lowest BCUT2D eigenvalue weighted by molar-refractivity contribution is -0.822. The van der Waals surface area contributed by atoms with E-state index < -0.39 is 5.03 Å². The van der Waals surface area contributed by atoms with E-state index in [1.54, 1.807) is 0 Å². The average molecular weight is 182 g/mol. The van der Waals surface area contributed by atoms with Gasteiger partial charge in [0.15, 0.2) is 0 Å². The van der Waals surface area contributed by atoms with Gasteiger partial charge in [0.25, 0.3) is 5.96 Å². The van der Waals surface area contributed by atoms with Crippen molar-refractivity contribution in [3.05, 3.63) is 4.91 Å². The fraction of sp³-hybridized carbons (Fsp3) is 0.750. The molecule has 0 aliphatic heterocycles. The van der Waals surface area contributed by atoms with Crippen LogP contribution in [-0.4, -0.2) is 28.6 Å². The van der Waals surface area contributed by atoms with Gasteiger partial charge in [0.1, 0.15) is 4.91 Å². The summed E-state index contributed by atoms with van der Waals surface area (Å²) in [6.45, 7) is 0.427. The Kier molecular flexibility index (Phi) is 5.18. The molecule has 0 heterocycles. The highest BCUT2D eigenvalue weighted by Crippen LogP contribution is 1.83. The van der Waals surface area contributed by atoms with Crippen LogP contribution in [0.5, 0.6) is 0 Å². The van der Waals surface area contributed by atoms with Gasteiger partial charge in [-0.25, -0.2) is 10.2 Å². The number of halogens is 1. The first kappa shape index (κ1) is 9.96. The minimum Gasteiger partial charge on any atom is -0.365 e. The number of nitrogens with zero attached hydrogens (tertiary/aromatic N) is 2. The maximum absolute atomic E-state index is 9.86. The van der Waals surface area contributed by atoms with Crippen LogP contribution >= 0.6 is 11.6 Å². The number of rotatable bonds is 4. The summed E-state index contributed by atoms with van der Waals surface area (Å²) in [5.74, 6) is 0.351. The van der Waals surface area contributed by atoms with Gasteiger partial charge >= 0.3 is 5.03 Å². The number of aliphatic imine (C=N–C) groups is 1. The highest BCUT2D eigenvalue weighted by atomic mass is 35.5. The van der Waals surface area contributed by atoms with E-state index in [0.29, 0.717) is 18.8 Å². The summed E-state index contributed by atoms with van der Waals surface area (Å²) < 4.78 is 0. The standard InChI is InChI=1S/C4H10ClN4O2/c5-2-1-3-7-4(6)8-9(10)11/h1-3H2,(H,10,11)(H3,6,7,8)/q+1. The third-order valence-electron chi connectivity index (χ3n) is 0.784. The van der Waals surface area contributed by atoms with Crippen molar-refractivity contribution in [3.8, 4) is 0 Å². The Morgan fingerprint density at radius 1 is 1.82 bits per heavy atom. The van der Waals surface area contributed by atoms with E-state index in [1.165, 1.54) is 0 Å². The van der Waals surface area contributed by atoms with Gasteiger partial charge < -0.3 is 5.73 Å². The van der Waals surface area contributed by atoms with Crippen molar-refractivity contribution < 1.29 is 10.2 Å². The SMILES string of the molecule is NC(=NCCCCl)N[N+](=O)O. The summed E-state index contributed by atoms with van der Waals surface area (Å²) >= 11 is 5.34. The Morgan fingerprint density at radius 2 is 2.45 bits per heavy atom. The summed E-state index contributed by atoms with van der Waals surface area (Å²) in [4.78, 5) is 13.5. The quantitative estimate of drug-likeness (QED) is 0.181. The van der Waals surface area contributed by atoms with Crippen molar-refractivity contribution in [2.75, 3.05) is 12.4 Å². The molecule has 0 aromatic heterocycles. The van der Waals surface area contributed by atoms with Gasteiger partial charge in [-0.15, -0.1) is 11.6 Å². The minimum atomic E-state index is -0.514.